The lowest BCUT2D eigenvalue weighted by atomic mass is 10.2. The van der Waals surface area contributed by atoms with Crippen LogP contribution in [0.1, 0.15) is 5.56 Å². The van der Waals surface area contributed by atoms with E-state index in [-0.39, 0.29) is 12.5 Å². The van der Waals surface area contributed by atoms with E-state index in [1.54, 1.807) is 10.8 Å². The van der Waals surface area contributed by atoms with E-state index in [4.69, 9.17) is 0 Å². The van der Waals surface area contributed by atoms with Crippen LogP contribution in [0.15, 0.2) is 67.0 Å². The number of nitrogens with zero attached hydrogens (tertiary/aromatic N) is 1. The van der Waals surface area contributed by atoms with Crippen molar-refractivity contribution in [3.8, 4) is 0 Å². The molecule has 0 atom stereocenters. The van der Waals surface area contributed by atoms with E-state index >= 15 is 0 Å². The molecule has 0 aliphatic carbocycles. The van der Waals surface area contributed by atoms with Gasteiger partial charge in [0, 0.05) is 17.1 Å². The second-order valence-corrected chi connectivity index (χ2v) is 5.37. The van der Waals surface area contributed by atoms with Crippen molar-refractivity contribution in [2.45, 2.75) is 12.7 Å². The topological polar surface area (TPSA) is 33.0 Å². The van der Waals surface area contributed by atoms with Crippen LogP contribution in [0.5, 0.6) is 0 Å². The Morgan fingerprint density at radius 3 is 2.29 bits per heavy atom. The zero-order chi connectivity index (χ0) is 17.2. The van der Waals surface area contributed by atoms with Gasteiger partial charge in [-0.15, -0.1) is 0 Å². The third kappa shape index (κ3) is 3.71. The molecule has 0 saturated heterocycles. The fourth-order valence-corrected chi connectivity index (χ4v) is 2.39. The van der Waals surface area contributed by atoms with Gasteiger partial charge in [0.25, 0.3) is 5.91 Å². The van der Waals surface area contributed by atoms with Crippen molar-refractivity contribution in [2.75, 3.05) is 5.32 Å². The first kappa shape index (κ1) is 16.0. The number of amides is 1. The summed E-state index contributed by atoms with van der Waals surface area (Å²) in [6.07, 6.45) is -0.750. The third-order valence-electron chi connectivity index (χ3n) is 3.57. The fourth-order valence-electron chi connectivity index (χ4n) is 2.39. The molecule has 3 nitrogen and oxygen atoms in total. The van der Waals surface area contributed by atoms with E-state index in [0.29, 0.717) is 5.69 Å². The zero-order valence-electron chi connectivity index (χ0n) is 12.5. The lowest BCUT2D eigenvalue weighted by Crippen LogP contribution is -2.39. The Hall–Kier alpha value is -2.89. The van der Waals surface area contributed by atoms with Crippen LogP contribution in [-0.4, -0.2) is 5.91 Å². The van der Waals surface area contributed by atoms with E-state index in [1.807, 2.05) is 36.5 Å². The molecule has 6 heteroatoms. The van der Waals surface area contributed by atoms with Crippen molar-refractivity contribution in [3.05, 3.63) is 72.6 Å². The summed E-state index contributed by atoms with van der Waals surface area (Å²) in [5.74, 6) is -0.310. The lowest BCUT2D eigenvalue weighted by molar-refractivity contribution is -0.682. The minimum atomic E-state index is -4.39. The molecular weight excluding hydrogens is 317 g/mol. The van der Waals surface area contributed by atoms with Gasteiger partial charge in [-0.25, -0.2) is 0 Å². The monoisotopic (exact) mass is 331 g/mol. The smallest absolute Gasteiger partial charge is 0.321 e. The summed E-state index contributed by atoms with van der Waals surface area (Å²) in [5.41, 5.74) is -0.418. The van der Waals surface area contributed by atoms with Crippen molar-refractivity contribution in [2.24, 2.45) is 0 Å². The first-order valence-electron chi connectivity index (χ1n) is 7.27. The second kappa shape index (κ2) is 6.31. The highest BCUT2D eigenvalue weighted by Crippen LogP contribution is 2.29. The molecule has 0 bridgehead atoms. The predicted molar refractivity (Wildman–Crippen MR) is 84.2 cm³/mol. The molecule has 3 aromatic rings. The molecule has 1 N–H and O–H groups in total. The molecule has 24 heavy (non-hydrogen) atoms. The van der Waals surface area contributed by atoms with Crippen LogP contribution in [0, 0.1) is 0 Å². The van der Waals surface area contributed by atoms with Crippen molar-refractivity contribution < 1.29 is 22.5 Å². The van der Waals surface area contributed by atoms with Gasteiger partial charge in [-0.3, -0.25) is 4.79 Å². The molecule has 1 heterocycles. The molecule has 0 radical (unpaired) electrons. The van der Waals surface area contributed by atoms with E-state index < -0.39 is 11.7 Å². The number of fused-ring (bicyclic) bond motifs is 1. The Kier molecular flexibility index (Phi) is 4.20. The number of aromatic nitrogens is 1. The van der Waals surface area contributed by atoms with Crippen LogP contribution >= 0.6 is 0 Å². The first-order valence-corrected chi connectivity index (χ1v) is 7.27. The molecule has 0 unspecified atom stereocenters. The molecule has 1 amide bonds. The number of hydrogen-bond donors (Lipinski definition) is 1. The summed E-state index contributed by atoms with van der Waals surface area (Å²) in [4.78, 5) is 12.0. The minimum absolute atomic E-state index is 0.0753. The second-order valence-electron chi connectivity index (χ2n) is 5.37. The summed E-state index contributed by atoms with van der Waals surface area (Å²) < 4.78 is 39.2. The quantitative estimate of drug-likeness (QED) is 0.728. The fraction of sp³-hybridized carbons (Fsp3) is 0.111. The molecule has 0 aliphatic rings. The van der Waals surface area contributed by atoms with Crippen molar-refractivity contribution in [1.29, 1.82) is 0 Å². The Morgan fingerprint density at radius 2 is 1.62 bits per heavy atom. The van der Waals surface area contributed by atoms with Crippen LogP contribution in [0.25, 0.3) is 10.8 Å². The maximum absolute atomic E-state index is 12.5. The van der Waals surface area contributed by atoms with Gasteiger partial charge in [-0.1, -0.05) is 18.2 Å². The van der Waals surface area contributed by atoms with Gasteiger partial charge in [0.15, 0.2) is 12.4 Å². The highest BCUT2D eigenvalue weighted by Gasteiger charge is 2.30. The van der Waals surface area contributed by atoms with E-state index in [1.165, 1.54) is 12.1 Å². The number of anilines is 1. The van der Waals surface area contributed by atoms with Crippen molar-refractivity contribution in [1.82, 2.24) is 0 Å². The molecule has 0 fully saturated rings. The molecule has 0 aliphatic heterocycles. The van der Waals surface area contributed by atoms with Gasteiger partial charge in [-0.05, 0) is 35.7 Å². The highest BCUT2D eigenvalue weighted by atomic mass is 19.4. The van der Waals surface area contributed by atoms with Crippen LogP contribution < -0.4 is 9.88 Å². The van der Waals surface area contributed by atoms with Gasteiger partial charge in [0.2, 0.25) is 6.54 Å². The summed E-state index contributed by atoms with van der Waals surface area (Å²) in [6.45, 7) is 0.0753. The van der Waals surface area contributed by atoms with E-state index in [2.05, 4.69) is 5.32 Å². The zero-order valence-corrected chi connectivity index (χ0v) is 12.5. The largest absolute Gasteiger partial charge is 0.416 e. The summed E-state index contributed by atoms with van der Waals surface area (Å²) >= 11 is 0. The first-order chi connectivity index (χ1) is 11.4. The third-order valence-corrected chi connectivity index (χ3v) is 3.57. The van der Waals surface area contributed by atoms with Gasteiger partial charge in [0.05, 0.1) is 5.56 Å². The number of halogens is 3. The summed E-state index contributed by atoms with van der Waals surface area (Å²) in [7, 11) is 0. The number of hydrogen-bond acceptors (Lipinski definition) is 1. The average Bonchev–Trinajstić information content (AvgIpc) is 2.54. The van der Waals surface area contributed by atoms with Crippen molar-refractivity contribution in [3.63, 3.8) is 0 Å². The van der Waals surface area contributed by atoms with E-state index in [9.17, 15) is 18.0 Å². The normalized spacial score (nSPS) is 11.5. The Labute approximate surface area is 136 Å². The molecule has 0 spiro atoms. The Morgan fingerprint density at radius 1 is 0.958 bits per heavy atom. The molecular formula is C18H14F3N2O+. The van der Waals surface area contributed by atoms with Gasteiger partial charge in [0.1, 0.15) is 0 Å². The molecule has 3 rings (SSSR count). The predicted octanol–water partition coefficient (Wildman–Crippen LogP) is 3.78. The molecule has 1 aromatic heterocycles. The minimum Gasteiger partial charge on any atom is -0.321 e. The standard InChI is InChI=1S/C18H13F3N2O/c19-18(20,21)15-5-7-16(8-6-15)22-17(24)12-23-10-9-13-3-1-2-4-14(13)11-23/h1-11H,12H2/p+1. The van der Waals surface area contributed by atoms with Gasteiger partial charge >= 0.3 is 6.18 Å². The maximum Gasteiger partial charge on any atom is 0.416 e. The number of nitrogens with one attached hydrogen (secondary N) is 1. The van der Waals surface area contributed by atoms with E-state index in [0.717, 1.165) is 22.9 Å². The summed E-state index contributed by atoms with van der Waals surface area (Å²) in [6, 6.07) is 14.0. The van der Waals surface area contributed by atoms with Crippen LogP contribution in [0.4, 0.5) is 18.9 Å². The average molecular weight is 331 g/mol. The number of pyridine rings is 1. The highest BCUT2D eigenvalue weighted by molar-refractivity contribution is 5.89. The number of carbonyl (C=O) groups excluding carboxylic acids is 1. The van der Waals surface area contributed by atoms with Gasteiger partial charge < -0.3 is 5.32 Å². The number of alkyl halides is 3. The lowest BCUT2D eigenvalue weighted by Gasteiger charge is -2.08. The SMILES string of the molecule is O=C(C[n+]1ccc2ccccc2c1)Nc1ccc(C(F)(F)F)cc1. The van der Waals surface area contributed by atoms with Crippen LogP contribution in [0.3, 0.4) is 0 Å². The van der Waals surface area contributed by atoms with Crippen LogP contribution in [-0.2, 0) is 17.5 Å². The molecule has 2 aromatic carbocycles. The maximum atomic E-state index is 12.5. The Bertz CT molecular complexity index is 873. The molecule has 122 valence electrons. The molecule has 0 saturated carbocycles. The van der Waals surface area contributed by atoms with Crippen molar-refractivity contribution >= 4 is 22.4 Å². The number of rotatable bonds is 3. The number of benzene rings is 2. The summed E-state index contributed by atoms with van der Waals surface area (Å²) in [5, 5.41) is 4.66. The number of carbonyl (C=O) groups is 1. The van der Waals surface area contributed by atoms with Crippen LogP contribution in [0.2, 0.25) is 0 Å². The Balaban J connectivity index is 1.68. The van der Waals surface area contributed by atoms with Gasteiger partial charge in [-0.2, -0.15) is 17.7 Å².